The number of nitrogens with one attached hydrogen (secondary N) is 1. The van der Waals surface area contributed by atoms with Crippen LogP contribution in [0.3, 0.4) is 0 Å². The lowest BCUT2D eigenvalue weighted by atomic mass is 9.80. The van der Waals surface area contributed by atoms with Crippen molar-refractivity contribution in [2.45, 2.75) is 58.6 Å². The molecule has 2 aliphatic rings. The Kier molecular flexibility index (Phi) is 5.08. The highest BCUT2D eigenvalue weighted by Gasteiger charge is 2.39. The molecule has 2 aromatic carbocycles. The summed E-state index contributed by atoms with van der Waals surface area (Å²) < 4.78 is 11.4. The average molecular weight is 407 g/mol. The van der Waals surface area contributed by atoms with Crippen LogP contribution in [0.2, 0.25) is 0 Å². The Labute approximate surface area is 178 Å². The van der Waals surface area contributed by atoms with E-state index in [-0.39, 0.29) is 23.7 Å². The minimum Gasteiger partial charge on any atom is -0.485 e. The highest BCUT2D eigenvalue weighted by Crippen LogP contribution is 2.46. The molecule has 0 radical (unpaired) electrons. The summed E-state index contributed by atoms with van der Waals surface area (Å²) >= 11 is 0. The Morgan fingerprint density at radius 2 is 1.90 bits per heavy atom. The maximum Gasteiger partial charge on any atom is 0.325 e. The van der Waals surface area contributed by atoms with E-state index in [1.54, 1.807) is 0 Å². The van der Waals surface area contributed by atoms with Crippen molar-refractivity contribution in [1.29, 1.82) is 0 Å². The van der Waals surface area contributed by atoms with Gasteiger partial charge in [-0.1, -0.05) is 30.3 Å². The number of carbonyl (C=O) groups is 1. The molecule has 1 N–H and O–H groups in total. The molecule has 0 bridgehead atoms. The Bertz CT molecular complexity index is 1010. The van der Waals surface area contributed by atoms with Gasteiger partial charge in [0.1, 0.15) is 17.9 Å². The van der Waals surface area contributed by atoms with Crippen molar-refractivity contribution in [2.75, 3.05) is 18.5 Å². The molecule has 0 atom stereocenters. The first-order valence-electron chi connectivity index (χ1n) is 10.6. The van der Waals surface area contributed by atoms with E-state index in [1.165, 1.54) is 16.7 Å². The molecule has 0 aromatic heterocycles. The molecule has 0 saturated carbocycles. The van der Waals surface area contributed by atoms with Crippen LogP contribution in [0.4, 0.5) is 5.69 Å². The van der Waals surface area contributed by atoms with Crippen LogP contribution >= 0.6 is 0 Å². The monoisotopic (exact) mass is 406 g/mol. The van der Waals surface area contributed by atoms with Crippen LogP contribution in [0.15, 0.2) is 41.4 Å². The molecule has 2 aliphatic heterocycles. The van der Waals surface area contributed by atoms with Crippen LogP contribution in [0, 0.1) is 0 Å². The number of aliphatic imine (C=N–C) groups is 1. The fourth-order valence-corrected chi connectivity index (χ4v) is 4.42. The molecule has 0 unspecified atom stereocenters. The van der Waals surface area contributed by atoms with Crippen molar-refractivity contribution in [3.63, 3.8) is 0 Å². The molecule has 0 spiro atoms. The summed E-state index contributed by atoms with van der Waals surface area (Å²) in [5.74, 6) is 0.555. The quantitative estimate of drug-likeness (QED) is 0.740. The molecule has 0 aliphatic carbocycles. The van der Waals surface area contributed by atoms with Crippen molar-refractivity contribution < 1.29 is 14.3 Å². The minimum absolute atomic E-state index is 0.117. The Hall–Kier alpha value is -2.82. The second-order valence-electron chi connectivity index (χ2n) is 9.28. The molecule has 30 heavy (non-hydrogen) atoms. The lowest BCUT2D eigenvalue weighted by Gasteiger charge is -2.31. The fraction of sp³-hybridized carbons (Fsp3) is 0.440. The highest BCUT2D eigenvalue weighted by atomic mass is 16.5. The second-order valence-corrected chi connectivity index (χ2v) is 9.28. The van der Waals surface area contributed by atoms with Crippen molar-refractivity contribution in [3.8, 4) is 5.75 Å². The summed E-state index contributed by atoms with van der Waals surface area (Å²) in [4.78, 5) is 17.1. The molecule has 4 rings (SSSR count). The van der Waals surface area contributed by atoms with Crippen LogP contribution in [0.5, 0.6) is 5.75 Å². The first kappa shape index (κ1) is 20.5. The van der Waals surface area contributed by atoms with Gasteiger partial charge < -0.3 is 14.8 Å². The van der Waals surface area contributed by atoms with Crippen LogP contribution in [-0.4, -0.2) is 36.0 Å². The van der Waals surface area contributed by atoms with E-state index in [4.69, 9.17) is 14.5 Å². The molecule has 0 fully saturated rings. The van der Waals surface area contributed by atoms with E-state index in [0.717, 1.165) is 35.6 Å². The number of ether oxygens (including phenoxy) is 2. The lowest BCUT2D eigenvalue weighted by molar-refractivity contribution is -0.140. The van der Waals surface area contributed by atoms with E-state index in [9.17, 15) is 4.79 Å². The Balaban J connectivity index is 1.84. The number of nitrogens with zero attached hydrogens (tertiary/aromatic N) is 1. The number of hydrogen-bond acceptors (Lipinski definition) is 5. The molecule has 5 heteroatoms. The topological polar surface area (TPSA) is 59.9 Å². The van der Waals surface area contributed by atoms with Crippen LogP contribution in [0.25, 0.3) is 0 Å². The SMILES string of the molecule is CCOC(=O)CNc1cc2c(c3c1OC(C)(C)C3)C(c1ccccc1)=NC(C)(C)C2. The Morgan fingerprint density at radius 1 is 1.17 bits per heavy atom. The average Bonchev–Trinajstić information content (AvgIpc) is 3.00. The van der Waals surface area contributed by atoms with E-state index < -0.39 is 0 Å². The van der Waals surface area contributed by atoms with Crippen molar-refractivity contribution in [2.24, 2.45) is 4.99 Å². The first-order chi connectivity index (χ1) is 14.2. The zero-order chi connectivity index (χ0) is 21.5. The molecule has 5 nitrogen and oxygen atoms in total. The molecular formula is C25H30N2O3. The summed E-state index contributed by atoms with van der Waals surface area (Å²) in [5.41, 5.74) is 6.06. The van der Waals surface area contributed by atoms with Gasteiger partial charge in [-0.2, -0.15) is 0 Å². The maximum atomic E-state index is 11.9. The van der Waals surface area contributed by atoms with E-state index in [0.29, 0.717) is 6.61 Å². The van der Waals surface area contributed by atoms with Crippen molar-refractivity contribution >= 4 is 17.4 Å². The summed E-state index contributed by atoms with van der Waals surface area (Å²) in [5, 5.41) is 3.26. The van der Waals surface area contributed by atoms with Crippen LogP contribution in [-0.2, 0) is 22.4 Å². The van der Waals surface area contributed by atoms with Gasteiger partial charge in [-0.3, -0.25) is 9.79 Å². The van der Waals surface area contributed by atoms with Gasteiger partial charge in [-0.15, -0.1) is 0 Å². The van der Waals surface area contributed by atoms with Gasteiger partial charge in [0.05, 0.1) is 23.5 Å². The van der Waals surface area contributed by atoms with Gasteiger partial charge >= 0.3 is 5.97 Å². The minimum atomic E-state index is -0.313. The molecule has 158 valence electrons. The summed E-state index contributed by atoms with van der Waals surface area (Å²) in [7, 11) is 0. The van der Waals surface area contributed by atoms with Gasteiger partial charge in [0.15, 0.2) is 0 Å². The third-order valence-electron chi connectivity index (χ3n) is 5.49. The van der Waals surface area contributed by atoms with E-state index in [1.807, 2.05) is 13.0 Å². The first-order valence-corrected chi connectivity index (χ1v) is 10.6. The predicted molar refractivity (Wildman–Crippen MR) is 120 cm³/mol. The standard InChI is InChI=1S/C25H30N2O3/c1-6-29-20(28)15-26-19-12-17-13-24(2,3)27-22(16-10-8-7-9-11-16)21(17)18-14-25(4,5)30-23(18)19/h7-12,26H,6,13-15H2,1-5H3. The smallest absolute Gasteiger partial charge is 0.325 e. The Morgan fingerprint density at radius 3 is 2.60 bits per heavy atom. The summed E-state index contributed by atoms with van der Waals surface area (Å²) in [6.45, 7) is 10.8. The summed E-state index contributed by atoms with van der Waals surface area (Å²) in [6, 6.07) is 12.5. The molecule has 0 saturated heterocycles. The highest BCUT2D eigenvalue weighted by molar-refractivity contribution is 6.16. The number of hydrogen-bond donors (Lipinski definition) is 1. The third-order valence-corrected chi connectivity index (χ3v) is 5.49. The van der Waals surface area contributed by atoms with Crippen LogP contribution in [0.1, 0.15) is 56.9 Å². The third kappa shape index (κ3) is 3.93. The van der Waals surface area contributed by atoms with Crippen LogP contribution < -0.4 is 10.1 Å². The fourth-order valence-electron chi connectivity index (χ4n) is 4.42. The number of fused-ring (bicyclic) bond motifs is 3. The zero-order valence-electron chi connectivity index (χ0n) is 18.5. The predicted octanol–water partition coefficient (Wildman–Crippen LogP) is 4.55. The number of rotatable bonds is 5. The second kappa shape index (κ2) is 7.46. The molecule has 2 heterocycles. The van der Waals surface area contributed by atoms with Gasteiger partial charge in [-0.05, 0) is 52.7 Å². The lowest BCUT2D eigenvalue weighted by Crippen LogP contribution is -2.30. The zero-order valence-corrected chi connectivity index (χ0v) is 18.5. The van der Waals surface area contributed by atoms with Gasteiger partial charge in [0.25, 0.3) is 0 Å². The number of carbonyl (C=O) groups excluding carboxylic acids is 1. The van der Waals surface area contributed by atoms with E-state index >= 15 is 0 Å². The molecule has 0 amide bonds. The molecule has 2 aromatic rings. The van der Waals surface area contributed by atoms with Gasteiger partial charge in [-0.25, -0.2) is 0 Å². The van der Waals surface area contributed by atoms with E-state index in [2.05, 4.69) is 63.3 Å². The van der Waals surface area contributed by atoms with Crippen molar-refractivity contribution in [1.82, 2.24) is 0 Å². The van der Waals surface area contributed by atoms with Gasteiger partial charge in [0, 0.05) is 23.1 Å². The van der Waals surface area contributed by atoms with Crippen molar-refractivity contribution in [3.05, 3.63) is 58.7 Å². The number of benzene rings is 2. The maximum absolute atomic E-state index is 11.9. The largest absolute Gasteiger partial charge is 0.485 e. The number of esters is 1. The number of anilines is 1. The van der Waals surface area contributed by atoms with Gasteiger partial charge in [0.2, 0.25) is 0 Å². The molecular weight excluding hydrogens is 376 g/mol. The summed E-state index contributed by atoms with van der Waals surface area (Å²) in [6.07, 6.45) is 1.63. The normalized spacial score (nSPS) is 18.0.